The van der Waals surface area contributed by atoms with E-state index in [1.807, 2.05) is 29.3 Å². The SMILES string of the molecule is O=C(c1cccnc1)N1CCCC(c2cc3ccccc3cn2)C1. The van der Waals surface area contributed by atoms with Crippen LogP contribution in [-0.4, -0.2) is 33.9 Å². The number of hydrogen-bond acceptors (Lipinski definition) is 3. The van der Waals surface area contributed by atoms with Gasteiger partial charge < -0.3 is 4.90 Å². The van der Waals surface area contributed by atoms with Crippen LogP contribution in [0.25, 0.3) is 10.8 Å². The minimum atomic E-state index is 0.0635. The topological polar surface area (TPSA) is 46.1 Å². The number of rotatable bonds is 2. The van der Waals surface area contributed by atoms with E-state index >= 15 is 0 Å². The molecule has 1 unspecified atom stereocenters. The summed E-state index contributed by atoms with van der Waals surface area (Å²) in [7, 11) is 0. The highest BCUT2D eigenvalue weighted by Gasteiger charge is 2.26. The lowest BCUT2D eigenvalue weighted by Crippen LogP contribution is -2.39. The number of carbonyl (C=O) groups excluding carboxylic acids is 1. The van der Waals surface area contributed by atoms with Crippen molar-refractivity contribution in [3.8, 4) is 0 Å². The van der Waals surface area contributed by atoms with Crippen LogP contribution in [0, 0.1) is 0 Å². The predicted octanol–water partition coefficient (Wildman–Crippen LogP) is 3.65. The van der Waals surface area contributed by atoms with E-state index in [0.29, 0.717) is 11.5 Å². The molecule has 2 aromatic heterocycles. The molecule has 0 N–H and O–H groups in total. The summed E-state index contributed by atoms with van der Waals surface area (Å²) in [5.74, 6) is 0.359. The van der Waals surface area contributed by atoms with Crippen LogP contribution >= 0.6 is 0 Å². The Morgan fingerprint density at radius 1 is 1.08 bits per heavy atom. The first-order valence-corrected chi connectivity index (χ1v) is 8.35. The first-order chi connectivity index (χ1) is 11.8. The lowest BCUT2D eigenvalue weighted by atomic mass is 9.93. The summed E-state index contributed by atoms with van der Waals surface area (Å²) < 4.78 is 0. The fraction of sp³-hybridized carbons (Fsp3) is 0.250. The maximum atomic E-state index is 12.7. The lowest BCUT2D eigenvalue weighted by molar-refractivity contribution is 0.0705. The highest BCUT2D eigenvalue weighted by atomic mass is 16.2. The molecule has 120 valence electrons. The van der Waals surface area contributed by atoms with Crippen LogP contribution < -0.4 is 0 Å². The van der Waals surface area contributed by atoms with Gasteiger partial charge in [-0.25, -0.2) is 0 Å². The Bertz CT molecular complexity index is 863. The van der Waals surface area contributed by atoms with Gasteiger partial charge >= 0.3 is 0 Å². The van der Waals surface area contributed by atoms with E-state index in [9.17, 15) is 4.79 Å². The first kappa shape index (κ1) is 14.8. The molecule has 1 amide bonds. The average molecular weight is 317 g/mol. The van der Waals surface area contributed by atoms with Gasteiger partial charge in [-0.05, 0) is 36.4 Å². The number of likely N-dealkylation sites (tertiary alicyclic amines) is 1. The van der Waals surface area contributed by atoms with Gasteiger partial charge in [-0.1, -0.05) is 24.3 Å². The average Bonchev–Trinajstić information content (AvgIpc) is 2.68. The molecule has 0 saturated carbocycles. The zero-order chi connectivity index (χ0) is 16.4. The third-order valence-corrected chi connectivity index (χ3v) is 4.69. The van der Waals surface area contributed by atoms with Gasteiger partial charge in [-0.2, -0.15) is 0 Å². The van der Waals surface area contributed by atoms with Crippen molar-refractivity contribution in [2.24, 2.45) is 0 Å². The summed E-state index contributed by atoms with van der Waals surface area (Å²) in [5.41, 5.74) is 1.74. The standard InChI is InChI=1S/C20H19N3O/c24-20(17-7-3-9-21-12-17)23-10-4-8-18(14-23)19-11-15-5-1-2-6-16(15)13-22-19/h1-3,5-7,9,11-13,18H,4,8,10,14H2. The Balaban J connectivity index is 1.56. The highest BCUT2D eigenvalue weighted by molar-refractivity contribution is 5.94. The van der Waals surface area contributed by atoms with E-state index < -0.39 is 0 Å². The number of pyridine rings is 2. The molecule has 1 atom stereocenters. The number of amides is 1. The van der Waals surface area contributed by atoms with Crippen LogP contribution in [0.4, 0.5) is 0 Å². The van der Waals surface area contributed by atoms with Crippen molar-refractivity contribution in [3.63, 3.8) is 0 Å². The van der Waals surface area contributed by atoms with Crippen molar-refractivity contribution in [1.29, 1.82) is 0 Å². The van der Waals surface area contributed by atoms with Crippen molar-refractivity contribution < 1.29 is 4.79 Å². The van der Waals surface area contributed by atoms with Crippen LogP contribution in [0.3, 0.4) is 0 Å². The number of carbonyl (C=O) groups is 1. The molecular formula is C20H19N3O. The van der Waals surface area contributed by atoms with Crippen molar-refractivity contribution in [2.45, 2.75) is 18.8 Å². The van der Waals surface area contributed by atoms with E-state index in [2.05, 4.69) is 28.2 Å². The largest absolute Gasteiger partial charge is 0.338 e. The molecule has 24 heavy (non-hydrogen) atoms. The van der Waals surface area contributed by atoms with E-state index in [4.69, 9.17) is 0 Å². The van der Waals surface area contributed by atoms with E-state index in [1.165, 1.54) is 5.39 Å². The van der Waals surface area contributed by atoms with E-state index in [-0.39, 0.29) is 5.91 Å². The zero-order valence-electron chi connectivity index (χ0n) is 13.4. The van der Waals surface area contributed by atoms with Crippen molar-refractivity contribution in [1.82, 2.24) is 14.9 Å². The Labute approximate surface area is 141 Å². The van der Waals surface area contributed by atoms with Gasteiger partial charge in [0.15, 0.2) is 0 Å². The third kappa shape index (κ3) is 2.87. The van der Waals surface area contributed by atoms with Crippen LogP contribution in [0.15, 0.2) is 61.1 Å². The van der Waals surface area contributed by atoms with E-state index in [0.717, 1.165) is 37.0 Å². The Hall–Kier alpha value is -2.75. The zero-order valence-corrected chi connectivity index (χ0v) is 13.4. The molecule has 3 heterocycles. The molecule has 4 rings (SSSR count). The van der Waals surface area contributed by atoms with Gasteiger partial charge in [0.1, 0.15) is 0 Å². The summed E-state index contributed by atoms with van der Waals surface area (Å²) in [6, 6.07) is 14.1. The molecular weight excluding hydrogens is 298 g/mol. The summed E-state index contributed by atoms with van der Waals surface area (Å²) in [6.07, 6.45) is 7.34. The Morgan fingerprint density at radius 2 is 1.96 bits per heavy atom. The first-order valence-electron chi connectivity index (χ1n) is 8.35. The van der Waals surface area contributed by atoms with Crippen molar-refractivity contribution in [2.75, 3.05) is 13.1 Å². The van der Waals surface area contributed by atoms with Gasteiger partial charge in [0.05, 0.1) is 5.56 Å². The molecule has 0 bridgehead atoms. The molecule has 1 aliphatic heterocycles. The fourth-order valence-electron chi connectivity index (χ4n) is 3.40. The molecule has 1 fully saturated rings. The monoisotopic (exact) mass is 317 g/mol. The van der Waals surface area contributed by atoms with Crippen LogP contribution in [0.2, 0.25) is 0 Å². The van der Waals surface area contributed by atoms with Crippen molar-refractivity contribution >= 4 is 16.7 Å². The quantitative estimate of drug-likeness (QED) is 0.725. The molecule has 1 saturated heterocycles. The number of hydrogen-bond donors (Lipinski definition) is 0. The second-order valence-electron chi connectivity index (χ2n) is 6.29. The Kier molecular flexibility index (Phi) is 3.95. The molecule has 0 aliphatic carbocycles. The highest BCUT2D eigenvalue weighted by Crippen LogP contribution is 2.28. The second kappa shape index (κ2) is 6.40. The van der Waals surface area contributed by atoms with Crippen molar-refractivity contribution in [3.05, 3.63) is 72.3 Å². The van der Waals surface area contributed by atoms with Gasteiger partial charge in [0, 0.05) is 48.7 Å². The molecule has 1 aliphatic rings. The summed E-state index contributed by atoms with van der Waals surface area (Å²) in [5, 5.41) is 2.36. The maximum Gasteiger partial charge on any atom is 0.255 e. The van der Waals surface area contributed by atoms with Gasteiger partial charge in [0.2, 0.25) is 0 Å². The normalized spacial score (nSPS) is 17.8. The van der Waals surface area contributed by atoms with Gasteiger partial charge in [-0.3, -0.25) is 14.8 Å². The molecule has 0 radical (unpaired) electrons. The molecule has 0 spiro atoms. The van der Waals surface area contributed by atoms with Crippen LogP contribution in [-0.2, 0) is 0 Å². The molecule has 4 heteroatoms. The number of fused-ring (bicyclic) bond motifs is 1. The number of nitrogens with zero attached hydrogens (tertiary/aromatic N) is 3. The molecule has 3 aromatic rings. The maximum absolute atomic E-state index is 12.7. The lowest BCUT2D eigenvalue weighted by Gasteiger charge is -2.32. The number of piperidine rings is 1. The minimum absolute atomic E-state index is 0.0635. The number of benzene rings is 1. The van der Waals surface area contributed by atoms with Gasteiger partial charge in [0.25, 0.3) is 5.91 Å². The molecule has 4 nitrogen and oxygen atoms in total. The van der Waals surface area contributed by atoms with Crippen LogP contribution in [0.1, 0.15) is 34.8 Å². The second-order valence-corrected chi connectivity index (χ2v) is 6.29. The van der Waals surface area contributed by atoms with E-state index in [1.54, 1.807) is 18.5 Å². The third-order valence-electron chi connectivity index (χ3n) is 4.69. The summed E-state index contributed by atoms with van der Waals surface area (Å²) in [4.78, 5) is 23.3. The van der Waals surface area contributed by atoms with Gasteiger partial charge in [-0.15, -0.1) is 0 Å². The fourth-order valence-corrected chi connectivity index (χ4v) is 3.40. The summed E-state index contributed by atoms with van der Waals surface area (Å²) >= 11 is 0. The predicted molar refractivity (Wildman–Crippen MR) is 93.9 cm³/mol. The molecule has 1 aromatic carbocycles. The smallest absolute Gasteiger partial charge is 0.255 e. The van der Waals surface area contributed by atoms with Crippen LogP contribution in [0.5, 0.6) is 0 Å². The number of aromatic nitrogens is 2. The Morgan fingerprint density at radius 3 is 2.79 bits per heavy atom. The minimum Gasteiger partial charge on any atom is -0.338 e. The summed E-state index contributed by atoms with van der Waals surface area (Å²) in [6.45, 7) is 1.52.